The summed E-state index contributed by atoms with van der Waals surface area (Å²) < 4.78 is 11.0. The zero-order chi connectivity index (χ0) is 23.4. The molecule has 31 heavy (non-hydrogen) atoms. The van der Waals surface area contributed by atoms with E-state index in [1.54, 1.807) is 39.8 Å². The maximum atomic E-state index is 12.8. The van der Waals surface area contributed by atoms with Gasteiger partial charge in [-0.25, -0.2) is 0 Å². The van der Waals surface area contributed by atoms with Crippen molar-refractivity contribution in [2.75, 3.05) is 6.54 Å². The summed E-state index contributed by atoms with van der Waals surface area (Å²) in [6, 6.07) is 9.22. The lowest BCUT2D eigenvalue weighted by Gasteiger charge is -2.23. The molecule has 0 heterocycles. The minimum absolute atomic E-state index is 0.0543. The van der Waals surface area contributed by atoms with E-state index < -0.39 is 23.6 Å². The first kappa shape index (κ1) is 26.1. The molecular formula is C25H35NO5. The molecule has 0 aliphatic rings. The van der Waals surface area contributed by atoms with Gasteiger partial charge < -0.3 is 14.8 Å². The second-order valence-electron chi connectivity index (χ2n) is 8.52. The molecule has 1 rings (SSSR count). The topological polar surface area (TPSA) is 81.7 Å². The highest BCUT2D eigenvalue weighted by atomic mass is 16.6. The Morgan fingerprint density at radius 1 is 1.06 bits per heavy atom. The van der Waals surface area contributed by atoms with Gasteiger partial charge in [0.15, 0.2) is 0 Å². The van der Waals surface area contributed by atoms with Crippen molar-refractivity contribution in [1.82, 2.24) is 5.32 Å². The minimum Gasteiger partial charge on any atom is -0.460 e. The quantitative estimate of drug-likeness (QED) is 0.390. The number of hydrogen-bond acceptors (Lipinski definition) is 5. The number of nitrogens with one attached hydrogen (secondary N) is 1. The number of rotatable bonds is 12. The molecule has 0 saturated heterocycles. The van der Waals surface area contributed by atoms with Crippen molar-refractivity contribution in [3.8, 4) is 0 Å². The molecule has 0 aliphatic heterocycles. The van der Waals surface area contributed by atoms with Gasteiger partial charge in [0.25, 0.3) is 0 Å². The standard InChI is InChI=1S/C25H35NO5/c1-7-12-18(3)24(29)30-21(19-14-10-9-11-15-19)17-26-23(28)20(13-8-2)16-22(27)31-25(4,5)6/h7-11,14-15,18,20-21H,1-2,12-13,16-17H2,3-6H3,(H,26,28)/t18-,20-,21-/m0/s1. The van der Waals surface area contributed by atoms with Gasteiger partial charge in [-0.05, 0) is 39.2 Å². The third kappa shape index (κ3) is 10.1. The maximum Gasteiger partial charge on any atom is 0.309 e. The van der Waals surface area contributed by atoms with Crippen LogP contribution >= 0.6 is 0 Å². The summed E-state index contributed by atoms with van der Waals surface area (Å²) in [5.41, 5.74) is 0.149. The third-order valence-electron chi connectivity index (χ3n) is 4.47. The van der Waals surface area contributed by atoms with Gasteiger partial charge in [-0.2, -0.15) is 0 Å². The Bertz CT molecular complexity index is 751. The zero-order valence-electron chi connectivity index (χ0n) is 19.1. The van der Waals surface area contributed by atoms with Gasteiger partial charge in [-0.15, -0.1) is 13.2 Å². The van der Waals surface area contributed by atoms with Crippen molar-refractivity contribution in [1.29, 1.82) is 0 Å². The molecule has 6 nitrogen and oxygen atoms in total. The maximum absolute atomic E-state index is 12.8. The molecule has 6 heteroatoms. The van der Waals surface area contributed by atoms with Crippen molar-refractivity contribution >= 4 is 17.8 Å². The molecule has 0 saturated carbocycles. The van der Waals surface area contributed by atoms with E-state index >= 15 is 0 Å². The molecule has 0 aromatic heterocycles. The van der Waals surface area contributed by atoms with Gasteiger partial charge in [0.05, 0.1) is 24.8 Å². The van der Waals surface area contributed by atoms with E-state index in [-0.39, 0.29) is 30.8 Å². The van der Waals surface area contributed by atoms with Gasteiger partial charge in [0.1, 0.15) is 11.7 Å². The number of carbonyl (C=O) groups excluding carboxylic acids is 3. The summed E-state index contributed by atoms with van der Waals surface area (Å²) in [6.45, 7) is 14.5. The Balaban J connectivity index is 2.84. The predicted molar refractivity (Wildman–Crippen MR) is 121 cm³/mol. The van der Waals surface area contributed by atoms with Crippen molar-refractivity contribution in [3.05, 3.63) is 61.2 Å². The van der Waals surface area contributed by atoms with Crippen LogP contribution in [0.4, 0.5) is 0 Å². The van der Waals surface area contributed by atoms with Gasteiger partial charge in [0.2, 0.25) is 5.91 Å². The highest BCUT2D eigenvalue weighted by Crippen LogP contribution is 2.20. The van der Waals surface area contributed by atoms with Crippen molar-refractivity contribution in [3.63, 3.8) is 0 Å². The summed E-state index contributed by atoms with van der Waals surface area (Å²) in [6.07, 6.45) is 3.40. The first-order valence-corrected chi connectivity index (χ1v) is 10.5. The molecule has 3 atom stereocenters. The average Bonchev–Trinajstić information content (AvgIpc) is 2.69. The number of ether oxygens (including phenoxy) is 2. The van der Waals surface area contributed by atoms with Crippen LogP contribution in [-0.4, -0.2) is 30.0 Å². The fraction of sp³-hybridized carbons (Fsp3) is 0.480. The Kier molecular flexibility index (Phi) is 10.7. The van der Waals surface area contributed by atoms with Crippen LogP contribution in [0.2, 0.25) is 0 Å². The van der Waals surface area contributed by atoms with Crippen LogP contribution in [0.5, 0.6) is 0 Å². The number of amides is 1. The molecule has 1 amide bonds. The van der Waals surface area contributed by atoms with Crippen LogP contribution in [0.15, 0.2) is 55.6 Å². The van der Waals surface area contributed by atoms with E-state index in [0.29, 0.717) is 12.8 Å². The lowest BCUT2D eigenvalue weighted by molar-refractivity contribution is -0.157. The Morgan fingerprint density at radius 2 is 1.68 bits per heavy atom. The molecule has 170 valence electrons. The summed E-state index contributed by atoms with van der Waals surface area (Å²) in [4.78, 5) is 37.4. The summed E-state index contributed by atoms with van der Waals surface area (Å²) in [5, 5.41) is 2.82. The van der Waals surface area contributed by atoms with Gasteiger partial charge in [-0.3, -0.25) is 14.4 Å². The number of esters is 2. The van der Waals surface area contributed by atoms with Crippen LogP contribution in [0.3, 0.4) is 0 Å². The first-order chi connectivity index (χ1) is 14.6. The smallest absolute Gasteiger partial charge is 0.309 e. The van der Waals surface area contributed by atoms with E-state index in [0.717, 1.165) is 5.56 Å². The van der Waals surface area contributed by atoms with Crippen LogP contribution in [0, 0.1) is 11.8 Å². The zero-order valence-corrected chi connectivity index (χ0v) is 19.1. The van der Waals surface area contributed by atoms with Gasteiger partial charge in [0, 0.05) is 0 Å². The SMILES string of the molecule is C=CC[C@@H](CC(=O)OC(C)(C)C)C(=O)NC[C@H](OC(=O)[C@@H](C)CC=C)c1ccccc1. The molecule has 0 bridgehead atoms. The van der Waals surface area contributed by atoms with Gasteiger partial charge >= 0.3 is 11.9 Å². The van der Waals surface area contributed by atoms with E-state index in [9.17, 15) is 14.4 Å². The van der Waals surface area contributed by atoms with Crippen LogP contribution in [0.25, 0.3) is 0 Å². The van der Waals surface area contributed by atoms with E-state index in [1.807, 2.05) is 30.3 Å². The number of hydrogen-bond donors (Lipinski definition) is 1. The third-order valence-corrected chi connectivity index (χ3v) is 4.47. The Hall–Kier alpha value is -2.89. The fourth-order valence-corrected chi connectivity index (χ4v) is 2.90. The number of carbonyl (C=O) groups is 3. The molecule has 0 fully saturated rings. The molecule has 1 aromatic rings. The van der Waals surface area contributed by atoms with Crippen LogP contribution in [0.1, 0.15) is 58.6 Å². The van der Waals surface area contributed by atoms with Crippen LogP contribution < -0.4 is 5.32 Å². The van der Waals surface area contributed by atoms with Crippen LogP contribution in [-0.2, 0) is 23.9 Å². The summed E-state index contributed by atoms with van der Waals surface area (Å²) in [5.74, 6) is -2.07. The normalized spacial score (nSPS) is 13.9. The highest BCUT2D eigenvalue weighted by Gasteiger charge is 2.26. The fourth-order valence-electron chi connectivity index (χ4n) is 2.90. The molecule has 0 unspecified atom stereocenters. The van der Waals surface area contributed by atoms with E-state index in [4.69, 9.17) is 9.47 Å². The van der Waals surface area contributed by atoms with Crippen molar-refractivity contribution in [2.45, 2.75) is 58.7 Å². The lowest BCUT2D eigenvalue weighted by atomic mass is 9.99. The lowest BCUT2D eigenvalue weighted by Crippen LogP contribution is -2.37. The first-order valence-electron chi connectivity index (χ1n) is 10.5. The summed E-state index contributed by atoms with van der Waals surface area (Å²) >= 11 is 0. The molecule has 0 radical (unpaired) electrons. The molecule has 0 spiro atoms. The largest absolute Gasteiger partial charge is 0.460 e. The minimum atomic E-state index is -0.643. The highest BCUT2D eigenvalue weighted by molar-refractivity contribution is 5.84. The van der Waals surface area contributed by atoms with Gasteiger partial charge in [-0.1, -0.05) is 49.4 Å². The van der Waals surface area contributed by atoms with Crippen molar-refractivity contribution in [2.24, 2.45) is 11.8 Å². The predicted octanol–water partition coefficient (Wildman–Crippen LogP) is 4.52. The molecule has 1 N–H and O–H groups in total. The summed E-state index contributed by atoms with van der Waals surface area (Å²) in [7, 11) is 0. The van der Waals surface area contributed by atoms with E-state index in [2.05, 4.69) is 18.5 Å². The second kappa shape index (κ2) is 12.7. The second-order valence-corrected chi connectivity index (χ2v) is 8.52. The molecular weight excluding hydrogens is 394 g/mol. The van der Waals surface area contributed by atoms with Crippen molar-refractivity contribution < 1.29 is 23.9 Å². The monoisotopic (exact) mass is 429 g/mol. The molecule has 0 aliphatic carbocycles. The molecule has 1 aromatic carbocycles. The van der Waals surface area contributed by atoms with E-state index in [1.165, 1.54) is 0 Å². The number of benzene rings is 1. The number of allylic oxidation sites excluding steroid dienone is 2. The average molecular weight is 430 g/mol. The Labute approximate surface area is 185 Å². The Morgan fingerprint density at radius 3 is 2.23 bits per heavy atom.